The zero-order valence-electron chi connectivity index (χ0n) is 15.3. The van der Waals surface area contributed by atoms with Gasteiger partial charge in [0.05, 0.1) is 0 Å². The number of rotatable bonds is 7. The normalized spacial score (nSPS) is 14.0. The highest BCUT2D eigenvalue weighted by atomic mass is 16.5. The molecule has 0 aromatic heterocycles. The number of nitrogens with zero attached hydrogens (tertiary/aromatic N) is 1. The minimum Gasteiger partial charge on any atom is -0.491 e. The molecule has 0 fully saturated rings. The molecule has 3 heteroatoms. The fourth-order valence-corrected chi connectivity index (χ4v) is 2.56. The Morgan fingerprint density at radius 2 is 1.50 bits per heavy atom. The lowest BCUT2D eigenvalue weighted by Crippen LogP contribution is -2.43. The van der Waals surface area contributed by atoms with Gasteiger partial charge < -0.3 is 9.84 Å². The van der Waals surface area contributed by atoms with Gasteiger partial charge in [-0.25, -0.2) is 0 Å². The lowest BCUT2D eigenvalue weighted by atomic mass is 9.87. The van der Waals surface area contributed by atoms with Crippen LogP contribution in [-0.4, -0.2) is 41.3 Å². The van der Waals surface area contributed by atoms with Crippen LogP contribution in [0.2, 0.25) is 0 Å². The van der Waals surface area contributed by atoms with Crippen LogP contribution >= 0.6 is 0 Å². The minimum atomic E-state index is -0.480. The summed E-state index contributed by atoms with van der Waals surface area (Å²) in [5, 5.41) is 10.2. The maximum Gasteiger partial charge on any atom is 0.119 e. The number of benzene rings is 1. The third-order valence-corrected chi connectivity index (χ3v) is 3.91. The Kier molecular flexibility index (Phi) is 6.89. The summed E-state index contributed by atoms with van der Waals surface area (Å²) in [7, 11) is 0. The smallest absolute Gasteiger partial charge is 0.119 e. The third-order valence-electron chi connectivity index (χ3n) is 3.91. The van der Waals surface area contributed by atoms with Crippen molar-refractivity contribution in [3.63, 3.8) is 0 Å². The Morgan fingerprint density at radius 1 is 1.00 bits per heavy atom. The number of aliphatic hydroxyl groups excluding tert-OH is 1. The standard InChI is InChI=1S/C19H33NO2/c1-14(2)20(15(3)4)12-17(21)13-22-18-10-8-16(9-11-18)19(5,6)7/h8-11,14-15,17,21H,12-13H2,1-7H3. The number of ether oxygens (including phenoxy) is 1. The Bertz CT molecular complexity index is 424. The van der Waals surface area contributed by atoms with Gasteiger partial charge in [-0.05, 0) is 50.8 Å². The van der Waals surface area contributed by atoms with Crippen LogP contribution < -0.4 is 4.74 Å². The fourth-order valence-electron chi connectivity index (χ4n) is 2.56. The van der Waals surface area contributed by atoms with Gasteiger partial charge in [0.1, 0.15) is 18.5 Å². The lowest BCUT2D eigenvalue weighted by Gasteiger charge is -2.32. The predicted molar refractivity (Wildman–Crippen MR) is 93.6 cm³/mol. The van der Waals surface area contributed by atoms with E-state index in [1.165, 1.54) is 5.56 Å². The molecular weight excluding hydrogens is 274 g/mol. The average molecular weight is 307 g/mol. The Labute approximate surface area is 136 Å². The first-order valence-electron chi connectivity index (χ1n) is 8.28. The quantitative estimate of drug-likeness (QED) is 0.830. The number of hydrogen-bond donors (Lipinski definition) is 1. The lowest BCUT2D eigenvalue weighted by molar-refractivity contribution is 0.0445. The van der Waals surface area contributed by atoms with E-state index < -0.39 is 6.10 Å². The topological polar surface area (TPSA) is 32.7 Å². The van der Waals surface area contributed by atoms with Crippen molar-refractivity contribution in [2.45, 2.75) is 72.1 Å². The molecular formula is C19H33NO2. The molecule has 0 saturated carbocycles. The maximum absolute atomic E-state index is 10.2. The van der Waals surface area contributed by atoms with Crippen molar-refractivity contribution in [1.29, 1.82) is 0 Å². The van der Waals surface area contributed by atoms with Crippen molar-refractivity contribution in [1.82, 2.24) is 4.90 Å². The van der Waals surface area contributed by atoms with Crippen LogP contribution in [-0.2, 0) is 5.41 Å². The summed E-state index contributed by atoms with van der Waals surface area (Å²) in [6, 6.07) is 8.99. The highest BCUT2D eigenvalue weighted by Crippen LogP contribution is 2.24. The molecule has 0 heterocycles. The molecule has 1 N–H and O–H groups in total. The van der Waals surface area contributed by atoms with Crippen molar-refractivity contribution in [3.8, 4) is 5.75 Å². The van der Waals surface area contributed by atoms with E-state index in [1.807, 2.05) is 12.1 Å². The molecule has 0 saturated heterocycles. The van der Waals surface area contributed by atoms with E-state index in [0.717, 1.165) is 5.75 Å². The molecule has 22 heavy (non-hydrogen) atoms. The van der Waals surface area contributed by atoms with Gasteiger partial charge in [-0.3, -0.25) is 4.90 Å². The molecule has 0 spiro atoms. The van der Waals surface area contributed by atoms with E-state index in [9.17, 15) is 5.11 Å². The average Bonchev–Trinajstić information content (AvgIpc) is 2.41. The van der Waals surface area contributed by atoms with Crippen LogP contribution in [0.1, 0.15) is 54.0 Å². The molecule has 126 valence electrons. The summed E-state index contributed by atoms with van der Waals surface area (Å²) in [6.07, 6.45) is -0.480. The third kappa shape index (κ3) is 5.98. The first-order valence-corrected chi connectivity index (χ1v) is 8.28. The molecule has 0 amide bonds. The van der Waals surface area contributed by atoms with E-state index in [4.69, 9.17) is 4.74 Å². The van der Waals surface area contributed by atoms with Gasteiger partial charge in [-0.15, -0.1) is 0 Å². The van der Waals surface area contributed by atoms with Gasteiger partial charge in [0.15, 0.2) is 0 Å². The summed E-state index contributed by atoms with van der Waals surface area (Å²) in [5.74, 6) is 0.813. The molecule has 1 aromatic carbocycles. The summed E-state index contributed by atoms with van der Waals surface area (Å²) in [6.45, 7) is 16.1. The number of aliphatic hydroxyl groups is 1. The van der Waals surface area contributed by atoms with Crippen LogP contribution in [0.25, 0.3) is 0 Å². The van der Waals surface area contributed by atoms with Crippen LogP contribution in [0.5, 0.6) is 5.75 Å². The van der Waals surface area contributed by atoms with Gasteiger partial charge in [0.25, 0.3) is 0 Å². The molecule has 0 aliphatic heterocycles. The Balaban J connectivity index is 2.52. The second kappa shape index (κ2) is 7.98. The first kappa shape index (κ1) is 19.0. The molecule has 1 atom stereocenters. The van der Waals surface area contributed by atoms with Crippen LogP contribution in [0.4, 0.5) is 0 Å². The summed E-state index contributed by atoms with van der Waals surface area (Å²) < 4.78 is 5.72. The van der Waals surface area contributed by atoms with Crippen molar-refractivity contribution in [3.05, 3.63) is 29.8 Å². The predicted octanol–water partition coefficient (Wildman–Crippen LogP) is 3.84. The molecule has 0 aliphatic carbocycles. The van der Waals surface area contributed by atoms with Gasteiger partial charge in [-0.1, -0.05) is 32.9 Å². The van der Waals surface area contributed by atoms with E-state index in [2.05, 4.69) is 65.5 Å². The molecule has 3 nitrogen and oxygen atoms in total. The minimum absolute atomic E-state index is 0.146. The molecule has 1 unspecified atom stereocenters. The SMILES string of the molecule is CC(C)N(CC(O)COc1ccc(C(C)(C)C)cc1)C(C)C. The highest BCUT2D eigenvalue weighted by molar-refractivity contribution is 5.31. The maximum atomic E-state index is 10.2. The van der Waals surface area contributed by atoms with Crippen LogP contribution in [0, 0.1) is 0 Å². The second-order valence-electron chi connectivity index (χ2n) is 7.62. The zero-order chi connectivity index (χ0) is 16.9. The molecule has 0 bridgehead atoms. The summed E-state index contributed by atoms with van der Waals surface area (Å²) in [5.41, 5.74) is 1.43. The zero-order valence-corrected chi connectivity index (χ0v) is 15.3. The van der Waals surface area contributed by atoms with E-state index in [0.29, 0.717) is 25.2 Å². The Hall–Kier alpha value is -1.06. The molecule has 0 aliphatic rings. The van der Waals surface area contributed by atoms with Crippen molar-refractivity contribution < 1.29 is 9.84 Å². The van der Waals surface area contributed by atoms with Crippen molar-refractivity contribution >= 4 is 0 Å². The second-order valence-corrected chi connectivity index (χ2v) is 7.62. The van der Waals surface area contributed by atoms with E-state index >= 15 is 0 Å². The van der Waals surface area contributed by atoms with Crippen molar-refractivity contribution in [2.75, 3.05) is 13.2 Å². The fraction of sp³-hybridized carbons (Fsp3) is 0.684. The number of hydrogen-bond acceptors (Lipinski definition) is 3. The van der Waals surface area contributed by atoms with Gasteiger partial charge in [0.2, 0.25) is 0 Å². The van der Waals surface area contributed by atoms with Gasteiger partial charge in [-0.2, -0.15) is 0 Å². The molecule has 1 aromatic rings. The summed E-state index contributed by atoms with van der Waals surface area (Å²) >= 11 is 0. The monoisotopic (exact) mass is 307 g/mol. The van der Waals surface area contributed by atoms with Crippen LogP contribution in [0.3, 0.4) is 0 Å². The Morgan fingerprint density at radius 3 is 1.91 bits per heavy atom. The van der Waals surface area contributed by atoms with Crippen molar-refractivity contribution in [2.24, 2.45) is 0 Å². The van der Waals surface area contributed by atoms with Gasteiger partial charge >= 0.3 is 0 Å². The largest absolute Gasteiger partial charge is 0.491 e. The first-order chi connectivity index (χ1) is 10.1. The van der Waals surface area contributed by atoms with Gasteiger partial charge in [0, 0.05) is 18.6 Å². The summed E-state index contributed by atoms with van der Waals surface area (Å²) in [4.78, 5) is 2.27. The highest BCUT2D eigenvalue weighted by Gasteiger charge is 2.18. The molecule has 0 radical (unpaired) electrons. The van der Waals surface area contributed by atoms with E-state index in [-0.39, 0.29) is 5.41 Å². The molecule has 1 rings (SSSR count). The van der Waals surface area contributed by atoms with E-state index in [1.54, 1.807) is 0 Å². The van der Waals surface area contributed by atoms with Crippen LogP contribution in [0.15, 0.2) is 24.3 Å².